The lowest BCUT2D eigenvalue weighted by Gasteiger charge is -2.33. The number of halogens is 1. The van der Waals surface area contributed by atoms with E-state index in [1.54, 1.807) is 6.08 Å². The van der Waals surface area contributed by atoms with Crippen LogP contribution in [0.3, 0.4) is 0 Å². The van der Waals surface area contributed by atoms with Gasteiger partial charge in [-0.1, -0.05) is 28.1 Å². The summed E-state index contributed by atoms with van der Waals surface area (Å²) < 4.78 is 1.00. The first kappa shape index (κ1) is 15.2. The van der Waals surface area contributed by atoms with Crippen LogP contribution in [-0.4, -0.2) is 60.1 Å². The Morgan fingerprint density at radius 3 is 2.70 bits per heavy atom. The predicted molar refractivity (Wildman–Crippen MR) is 83.3 cm³/mol. The maximum absolute atomic E-state index is 12.1. The van der Waals surface area contributed by atoms with Gasteiger partial charge < -0.3 is 10.0 Å². The number of rotatable bonds is 4. The monoisotopic (exact) mass is 338 g/mol. The van der Waals surface area contributed by atoms with Crippen molar-refractivity contribution in [1.29, 1.82) is 0 Å². The second-order valence-electron chi connectivity index (χ2n) is 4.78. The van der Waals surface area contributed by atoms with Crippen molar-refractivity contribution < 1.29 is 9.90 Å². The van der Waals surface area contributed by atoms with Gasteiger partial charge in [0.05, 0.1) is 6.61 Å². The lowest BCUT2D eigenvalue weighted by molar-refractivity contribution is -0.127. The van der Waals surface area contributed by atoms with Crippen molar-refractivity contribution in [2.45, 2.75) is 0 Å². The standard InChI is InChI=1S/C15H19BrN2O2/c16-14-3-1-2-13(12-14)4-5-15(20)18-8-6-17(7-9-18)10-11-19/h1-5,12,19H,6-11H2/b5-4+. The van der Waals surface area contributed by atoms with Gasteiger partial charge in [-0.2, -0.15) is 0 Å². The van der Waals surface area contributed by atoms with Gasteiger partial charge >= 0.3 is 0 Å². The lowest BCUT2D eigenvalue weighted by atomic mass is 10.2. The molecule has 108 valence electrons. The van der Waals surface area contributed by atoms with Gasteiger partial charge in [-0.15, -0.1) is 0 Å². The number of nitrogens with zero attached hydrogens (tertiary/aromatic N) is 2. The summed E-state index contributed by atoms with van der Waals surface area (Å²) in [6.07, 6.45) is 3.47. The fourth-order valence-electron chi connectivity index (χ4n) is 2.22. The van der Waals surface area contributed by atoms with E-state index in [1.807, 2.05) is 35.2 Å². The first-order valence-electron chi connectivity index (χ1n) is 6.75. The number of hydrogen-bond acceptors (Lipinski definition) is 3. The van der Waals surface area contributed by atoms with E-state index in [0.29, 0.717) is 6.54 Å². The van der Waals surface area contributed by atoms with Gasteiger partial charge in [0.25, 0.3) is 0 Å². The minimum Gasteiger partial charge on any atom is -0.395 e. The highest BCUT2D eigenvalue weighted by Gasteiger charge is 2.18. The van der Waals surface area contributed by atoms with Gasteiger partial charge in [-0.25, -0.2) is 0 Å². The highest BCUT2D eigenvalue weighted by Crippen LogP contribution is 2.13. The Labute approximate surface area is 127 Å². The molecule has 0 aromatic heterocycles. The molecule has 1 amide bonds. The Hall–Kier alpha value is -1.17. The van der Waals surface area contributed by atoms with Crippen molar-refractivity contribution >= 4 is 27.9 Å². The minimum absolute atomic E-state index is 0.0497. The average Bonchev–Trinajstić information content (AvgIpc) is 2.46. The topological polar surface area (TPSA) is 43.8 Å². The van der Waals surface area contributed by atoms with Crippen LogP contribution in [0.2, 0.25) is 0 Å². The molecule has 5 heteroatoms. The summed E-state index contributed by atoms with van der Waals surface area (Å²) in [7, 11) is 0. The zero-order chi connectivity index (χ0) is 14.4. The molecule has 0 saturated carbocycles. The molecule has 0 aliphatic carbocycles. The van der Waals surface area contributed by atoms with Gasteiger partial charge in [0.2, 0.25) is 5.91 Å². The van der Waals surface area contributed by atoms with Crippen molar-refractivity contribution in [3.63, 3.8) is 0 Å². The molecule has 1 fully saturated rings. The molecule has 1 aromatic carbocycles. The molecule has 1 saturated heterocycles. The minimum atomic E-state index is 0.0497. The van der Waals surface area contributed by atoms with E-state index in [2.05, 4.69) is 20.8 Å². The summed E-state index contributed by atoms with van der Waals surface area (Å²) in [6.45, 7) is 3.98. The molecule has 2 rings (SSSR count). The third-order valence-electron chi connectivity index (χ3n) is 3.37. The molecule has 0 bridgehead atoms. The van der Waals surface area contributed by atoms with Crippen LogP contribution in [-0.2, 0) is 4.79 Å². The normalized spacial score (nSPS) is 16.8. The Balaban J connectivity index is 1.86. The molecule has 1 heterocycles. The zero-order valence-electron chi connectivity index (χ0n) is 11.3. The summed E-state index contributed by atoms with van der Waals surface area (Å²) in [5, 5.41) is 8.89. The number of carbonyl (C=O) groups excluding carboxylic acids is 1. The molecule has 1 N–H and O–H groups in total. The van der Waals surface area contributed by atoms with Crippen LogP contribution in [0.5, 0.6) is 0 Å². The second kappa shape index (κ2) is 7.57. The van der Waals surface area contributed by atoms with E-state index in [4.69, 9.17) is 5.11 Å². The molecule has 1 aromatic rings. The van der Waals surface area contributed by atoms with Gasteiger partial charge in [0, 0.05) is 43.3 Å². The molecule has 1 aliphatic rings. The van der Waals surface area contributed by atoms with Crippen molar-refractivity contribution in [1.82, 2.24) is 9.80 Å². The van der Waals surface area contributed by atoms with Crippen LogP contribution in [0.15, 0.2) is 34.8 Å². The lowest BCUT2D eigenvalue weighted by Crippen LogP contribution is -2.48. The fraction of sp³-hybridized carbons (Fsp3) is 0.400. The van der Waals surface area contributed by atoms with Crippen LogP contribution in [0.25, 0.3) is 6.08 Å². The van der Waals surface area contributed by atoms with Crippen LogP contribution in [0.1, 0.15) is 5.56 Å². The van der Waals surface area contributed by atoms with Crippen molar-refractivity contribution in [3.05, 3.63) is 40.4 Å². The average molecular weight is 339 g/mol. The van der Waals surface area contributed by atoms with Crippen molar-refractivity contribution in [2.24, 2.45) is 0 Å². The predicted octanol–water partition coefficient (Wildman–Crippen LogP) is 1.60. The highest BCUT2D eigenvalue weighted by atomic mass is 79.9. The number of β-amino-alcohol motifs (C(OH)–C–C–N with tert-alkyl or cyclic N) is 1. The summed E-state index contributed by atoms with van der Waals surface area (Å²) in [6, 6.07) is 7.85. The third-order valence-corrected chi connectivity index (χ3v) is 3.86. The number of hydrogen-bond donors (Lipinski definition) is 1. The van der Waals surface area contributed by atoms with Gasteiger partial charge in [-0.05, 0) is 23.8 Å². The number of aliphatic hydroxyl groups excluding tert-OH is 1. The van der Waals surface area contributed by atoms with E-state index < -0.39 is 0 Å². The van der Waals surface area contributed by atoms with E-state index in [-0.39, 0.29) is 12.5 Å². The van der Waals surface area contributed by atoms with E-state index in [9.17, 15) is 4.79 Å². The van der Waals surface area contributed by atoms with Gasteiger partial charge in [0.15, 0.2) is 0 Å². The molecule has 4 nitrogen and oxygen atoms in total. The molecule has 0 unspecified atom stereocenters. The first-order chi connectivity index (χ1) is 9.69. The fourth-order valence-corrected chi connectivity index (χ4v) is 2.63. The maximum Gasteiger partial charge on any atom is 0.246 e. The molecule has 0 atom stereocenters. The SMILES string of the molecule is O=C(/C=C/c1cccc(Br)c1)N1CCN(CCO)CC1. The Morgan fingerprint density at radius 2 is 2.05 bits per heavy atom. The molecule has 1 aliphatic heterocycles. The van der Waals surface area contributed by atoms with E-state index >= 15 is 0 Å². The number of piperazine rings is 1. The Morgan fingerprint density at radius 1 is 1.30 bits per heavy atom. The Kier molecular flexibility index (Phi) is 5.76. The van der Waals surface area contributed by atoms with E-state index in [1.165, 1.54) is 0 Å². The number of amides is 1. The molecular formula is C15H19BrN2O2. The van der Waals surface area contributed by atoms with Gasteiger partial charge in [-0.3, -0.25) is 9.69 Å². The second-order valence-corrected chi connectivity index (χ2v) is 5.69. The number of aliphatic hydroxyl groups is 1. The summed E-state index contributed by atoms with van der Waals surface area (Å²) >= 11 is 3.41. The van der Waals surface area contributed by atoms with Crippen LogP contribution in [0.4, 0.5) is 0 Å². The summed E-state index contributed by atoms with van der Waals surface area (Å²) in [4.78, 5) is 16.1. The smallest absolute Gasteiger partial charge is 0.246 e. The largest absolute Gasteiger partial charge is 0.395 e. The Bertz CT molecular complexity index is 483. The molecule has 0 radical (unpaired) electrons. The number of benzene rings is 1. The first-order valence-corrected chi connectivity index (χ1v) is 7.54. The molecule has 20 heavy (non-hydrogen) atoms. The summed E-state index contributed by atoms with van der Waals surface area (Å²) in [5.41, 5.74) is 1.01. The quantitative estimate of drug-likeness (QED) is 0.848. The highest BCUT2D eigenvalue weighted by molar-refractivity contribution is 9.10. The third kappa shape index (κ3) is 4.44. The van der Waals surface area contributed by atoms with Gasteiger partial charge in [0.1, 0.15) is 0 Å². The van der Waals surface area contributed by atoms with Crippen LogP contribution >= 0.6 is 15.9 Å². The molecular weight excluding hydrogens is 320 g/mol. The summed E-state index contributed by atoms with van der Waals surface area (Å²) in [5.74, 6) is 0.0497. The van der Waals surface area contributed by atoms with Crippen molar-refractivity contribution in [2.75, 3.05) is 39.3 Å². The van der Waals surface area contributed by atoms with E-state index in [0.717, 1.165) is 36.2 Å². The zero-order valence-corrected chi connectivity index (χ0v) is 12.9. The van der Waals surface area contributed by atoms with Crippen LogP contribution in [0, 0.1) is 0 Å². The maximum atomic E-state index is 12.1. The molecule has 0 spiro atoms. The number of carbonyl (C=O) groups is 1. The van der Waals surface area contributed by atoms with Crippen molar-refractivity contribution in [3.8, 4) is 0 Å². The van der Waals surface area contributed by atoms with Crippen LogP contribution < -0.4 is 0 Å².